The van der Waals surface area contributed by atoms with Crippen LogP contribution < -0.4 is 4.72 Å². The largest absolute Gasteiger partial charge is 0.300 e. The topological polar surface area (TPSA) is 92.6 Å². The number of nitrogens with zero attached hydrogens (tertiary/aromatic N) is 2. The zero-order chi connectivity index (χ0) is 22.4. The quantitative estimate of drug-likeness (QED) is 0.440. The monoisotopic (exact) mass is 445 g/mol. The average Bonchev–Trinajstić information content (AvgIpc) is 2.77. The number of nitro benzene ring substituents is 1. The molecule has 0 amide bonds. The third kappa shape index (κ3) is 5.90. The van der Waals surface area contributed by atoms with Crippen LogP contribution in [0.25, 0.3) is 0 Å². The van der Waals surface area contributed by atoms with Crippen molar-refractivity contribution >= 4 is 15.7 Å². The van der Waals surface area contributed by atoms with Gasteiger partial charge in [-0.1, -0.05) is 32.0 Å². The molecule has 0 saturated carbocycles. The number of sulfonamides is 1. The Hall–Kier alpha value is -2.29. The Morgan fingerprint density at radius 3 is 2.35 bits per heavy atom. The maximum Gasteiger partial charge on any atom is 0.269 e. The first-order valence-electron chi connectivity index (χ1n) is 10.9. The molecule has 0 bridgehead atoms. The van der Waals surface area contributed by atoms with Gasteiger partial charge in [0, 0.05) is 24.7 Å². The lowest BCUT2D eigenvalue weighted by molar-refractivity contribution is -0.384. The van der Waals surface area contributed by atoms with Gasteiger partial charge in [-0.2, -0.15) is 0 Å². The van der Waals surface area contributed by atoms with E-state index in [1.165, 1.54) is 41.8 Å². The highest BCUT2D eigenvalue weighted by molar-refractivity contribution is 7.89. The number of fused-ring (bicyclic) bond motifs is 1. The zero-order valence-electron chi connectivity index (χ0n) is 18.2. The minimum absolute atomic E-state index is 0.0193. The molecule has 0 spiro atoms. The third-order valence-electron chi connectivity index (χ3n) is 5.84. The molecule has 1 atom stereocenters. The van der Waals surface area contributed by atoms with E-state index in [1.54, 1.807) is 0 Å². The van der Waals surface area contributed by atoms with E-state index >= 15 is 0 Å². The molecule has 2 aromatic carbocycles. The molecule has 8 heteroatoms. The van der Waals surface area contributed by atoms with Gasteiger partial charge in [-0.05, 0) is 74.0 Å². The Balaban J connectivity index is 1.68. The first-order valence-corrected chi connectivity index (χ1v) is 12.4. The lowest BCUT2D eigenvalue weighted by Crippen LogP contribution is -2.40. The van der Waals surface area contributed by atoms with Crippen LogP contribution in [0.2, 0.25) is 0 Å². The van der Waals surface area contributed by atoms with Gasteiger partial charge in [0.05, 0.1) is 9.82 Å². The van der Waals surface area contributed by atoms with E-state index < -0.39 is 14.9 Å². The van der Waals surface area contributed by atoms with Gasteiger partial charge < -0.3 is 4.90 Å². The summed E-state index contributed by atoms with van der Waals surface area (Å²) in [5, 5.41) is 10.8. The summed E-state index contributed by atoms with van der Waals surface area (Å²) < 4.78 is 27.8. The fraction of sp³-hybridized carbons (Fsp3) is 0.478. The van der Waals surface area contributed by atoms with Gasteiger partial charge in [-0.15, -0.1) is 0 Å². The van der Waals surface area contributed by atoms with Crippen LogP contribution in [-0.4, -0.2) is 37.4 Å². The van der Waals surface area contributed by atoms with E-state index in [-0.39, 0.29) is 17.1 Å². The van der Waals surface area contributed by atoms with Crippen molar-refractivity contribution in [2.45, 2.75) is 63.4 Å². The summed E-state index contributed by atoms with van der Waals surface area (Å²) in [6, 6.07) is 11.7. The summed E-state index contributed by atoms with van der Waals surface area (Å²) in [7, 11) is -3.74. The lowest BCUT2D eigenvalue weighted by Gasteiger charge is -2.35. The Bertz CT molecular complexity index is 1000. The molecule has 0 aliphatic heterocycles. The van der Waals surface area contributed by atoms with Crippen LogP contribution in [0.5, 0.6) is 0 Å². The maximum absolute atomic E-state index is 12.6. The van der Waals surface area contributed by atoms with Crippen molar-refractivity contribution in [1.82, 2.24) is 9.62 Å². The number of nitrogens with one attached hydrogen (secondary N) is 1. The van der Waals surface area contributed by atoms with Crippen molar-refractivity contribution in [2.75, 3.05) is 13.1 Å². The summed E-state index contributed by atoms with van der Waals surface area (Å²) in [6.07, 6.45) is 5.51. The van der Waals surface area contributed by atoms with Crippen molar-refractivity contribution in [3.8, 4) is 0 Å². The zero-order valence-corrected chi connectivity index (χ0v) is 19.0. The molecule has 2 aromatic rings. The summed E-state index contributed by atoms with van der Waals surface area (Å²) in [5.41, 5.74) is 3.44. The van der Waals surface area contributed by atoms with Crippen molar-refractivity contribution in [1.29, 1.82) is 0 Å². The van der Waals surface area contributed by atoms with Gasteiger partial charge in [-0.25, -0.2) is 13.1 Å². The van der Waals surface area contributed by atoms with E-state index in [4.69, 9.17) is 0 Å². The van der Waals surface area contributed by atoms with Gasteiger partial charge in [0.2, 0.25) is 10.0 Å². The van der Waals surface area contributed by atoms with Crippen LogP contribution in [0, 0.1) is 10.1 Å². The number of aryl methyl sites for hydroxylation is 1. The minimum atomic E-state index is -3.74. The molecule has 0 fully saturated rings. The molecule has 0 aromatic heterocycles. The van der Waals surface area contributed by atoms with Crippen LogP contribution in [0.1, 0.15) is 49.8 Å². The van der Waals surface area contributed by atoms with Crippen LogP contribution in [0.4, 0.5) is 5.69 Å². The van der Waals surface area contributed by atoms with Gasteiger partial charge in [0.1, 0.15) is 0 Å². The molecular weight excluding hydrogens is 414 g/mol. The second-order valence-corrected chi connectivity index (χ2v) is 9.88. The molecule has 1 unspecified atom stereocenters. The smallest absolute Gasteiger partial charge is 0.269 e. The molecule has 0 heterocycles. The lowest BCUT2D eigenvalue weighted by atomic mass is 9.86. The molecule has 3 rings (SSSR count). The van der Waals surface area contributed by atoms with Crippen molar-refractivity contribution < 1.29 is 13.3 Å². The number of benzene rings is 2. The highest BCUT2D eigenvalue weighted by atomic mass is 32.2. The number of hydrogen-bond donors (Lipinski definition) is 1. The Kier molecular flexibility index (Phi) is 7.80. The summed E-state index contributed by atoms with van der Waals surface area (Å²) >= 11 is 0. The van der Waals surface area contributed by atoms with Crippen LogP contribution >= 0.6 is 0 Å². The number of nitro groups is 1. The molecule has 168 valence electrons. The highest BCUT2D eigenvalue weighted by Crippen LogP contribution is 2.26. The van der Waals surface area contributed by atoms with Crippen LogP contribution in [0.15, 0.2) is 47.4 Å². The normalized spacial score (nSPS) is 16.3. The summed E-state index contributed by atoms with van der Waals surface area (Å²) in [6.45, 7) is 6.85. The fourth-order valence-corrected chi connectivity index (χ4v) is 5.29. The van der Waals surface area contributed by atoms with Gasteiger partial charge in [0.15, 0.2) is 0 Å². The molecule has 1 aliphatic carbocycles. The molecular formula is C23H31N3O4S. The van der Waals surface area contributed by atoms with Gasteiger partial charge >= 0.3 is 0 Å². The second kappa shape index (κ2) is 10.3. The first kappa shape index (κ1) is 23.4. The van der Waals surface area contributed by atoms with E-state index in [0.717, 1.165) is 44.3 Å². The van der Waals surface area contributed by atoms with Crippen molar-refractivity contribution in [3.63, 3.8) is 0 Å². The SMILES string of the molecule is CCCN(CCC)C1CCc2ccc(CNS(=O)(=O)c3ccc([N+](=O)[O-])cc3)cc2C1. The Labute approximate surface area is 184 Å². The molecule has 31 heavy (non-hydrogen) atoms. The average molecular weight is 446 g/mol. The van der Waals surface area contributed by atoms with Gasteiger partial charge in [-0.3, -0.25) is 10.1 Å². The highest BCUT2D eigenvalue weighted by Gasteiger charge is 2.24. The molecule has 1 N–H and O–H groups in total. The van der Waals surface area contributed by atoms with Gasteiger partial charge in [0.25, 0.3) is 5.69 Å². The summed E-state index contributed by atoms with van der Waals surface area (Å²) in [4.78, 5) is 12.8. The molecule has 1 aliphatic rings. The molecule has 0 radical (unpaired) electrons. The minimum Gasteiger partial charge on any atom is -0.300 e. The predicted molar refractivity (Wildman–Crippen MR) is 122 cm³/mol. The van der Waals surface area contributed by atoms with E-state index in [0.29, 0.717) is 6.04 Å². The van der Waals surface area contributed by atoms with E-state index in [1.807, 2.05) is 6.07 Å². The predicted octanol–water partition coefficient (Wildman–Crippen LogP) is 4.05. The number of non-ortho nitro benzene ring substituents is 1. The van der Waals surface area contributed by atoms with Crippen molar-refractivity contribution in [2.24, 2.45) is 0 Å². The fourth-order valence-electron chi connectivity index (χ4n) is 4.27. The molecule has 0 saturated heterocycles. The van der Waals surface area contributed by atoms with E-state index in [9.17, 15) is 18.5 Å². The second-order valence-electron chi connectivity index (χ2n) is 8.11. The Morgan fingerprint density at radius 2 is 1.74 bits per heavy atom. The molecule has 7 nitrogen and oxygen atoms in total. The third-order valence-corrected chi connectivity index (χ3v) is 7.25. The number of rotatable bonds is 10. The van der Waals surface area contributed by atoms with Crippen LogP contribution in [-0.2, 0) is 29.4 Å². The number of hydrogen-bond acceptors (Lipinski definition) is 5. The standard InChI is InChI=1S/C23H31N3O4S/c1-3-13-25(14-4-2)22-8-7-19-6-5-18(15-20(19)16-22)17-24-31(29,30)23-11-9-21(10-12-23)26(27)28/h5-6,9-12,15,22,24H,3-4,7-8,13-14,16-17H2,1-2H3. The van der Waals surface area contributed by atoms with Crippen molar-refractivity contribution in [3.05, 3.63) is 69.3 Å². The Morgan fingerprint density at radius 1 is 1.06 bits per heavy atom. The first-order chi connectivity index (χ1) is 14.8. The summed E-state index contributed by atoms with van der Waals surface area (Å²) in [5.74, 6) is 0. The maximum atomic E-state index is 12.6. The van der Waals surface area contributed by atoms with Crippen LogP contribution in [0.3, 0.4) is 0 Å². The van der Waals surface area contributed by atoms with E-state index in [2.05, 4.69) is 35.6 Å².